The molecule has 0 aliphatic heterocycles. The monoisotopic (exact) mass is 408 g/mol. The highest BCUT2D eigenvalue weighted by molar-refractivity contribution is 7.98. The van der Waals surface area contributed by atoms with Gasteiger partial charge in [-0.15, -0.1) is 10.2 Å². The maximum Gasteiger partial charge on any atom is 0.196 e. The molecule has 2 aromatic carbocycles. The molecule has 1 atom stereocenters. The first-order valence-electron chi connectivity index (χ1n) is 8.32. The van der Waals surface area contributed by atoms with Crippen LogP contribution in [0, 0.1) is 11.6 Å². The maximum atomic E-state index is 14.1. The van der Waals surface area contributed by atoms with Crippen LogP contribution in [0.3, 0.4) is 0 Å². The van der Waals surface area contributed by atoms with Crippen LogP contribution in [0.5, 0.6) is 0 Å². The lowest BCUT2D eigenvalue weighted by Crippen LogP contribution is -2.20. The number of rotatable bonds is 6. The molecule has 0 bridgehead atoms. The van der Waals surface area contributed by atoms with E-state index in [1.165, 1.54) is 30.0 Å². The predicted molar refractivity (Wildman–Crippen MR) is 104 cm³/mol. The van der Waals surface area contributed by atoms with Gasteiger partial charge in [0.15, 0.2) is 11.0 Å². The summed E-state index contributed by atoms with van der Waals surface area (Å²) in [5, 5.41) is 9.57. The van der Waals surface area contributed by atoms with Gasteiger partial charge in [-0.1, -0.05) is 29.4 Å². The summed E-state index contributed by atoms with van der Waals surface area (Å²) in [5.74, 6) is 0.348. The van der Waals surface area contributed by atoms with E-state index in [0.717, 1.165) is 5.69 Å². The van der Waals surface area contributed by atoms with Gasteiger partial charge in [-0.3, -0.25) is 9.47 Å². The highest BCUT2D eigenvalue weighted by atomic mass is 35.5. The molecule has 3 aromatic rings. The van der Waals surface area contributed by atoms with Crippen molar-refractivity contribution in [2.24, 2.45) is 0 Å². The Morgan fingerprint density at radius 3 is 2.44 bits per heavy atom. The Morgan fingerprint density at radius 1 is 1.11 bits per heavy atom. The third-order valence-corrected chi connectivity index (χ3v) is 5.61. The summed E-state index contributed by atoms with van der Waals surface area (Å²) < 4.78 is 29.3. The molecule has 4 nitrogen and oxygen atoms in total. The van der Waals surface area contributed by atoms with E-state index in [9.17, 15) is 8.78 Å². The van der Waals surface area contributed by atoms with Crippen LogP contribution in [-0.2, 0) is 5.75 Å². The summed E-state index contributed by atoms with van der Waals surface area (Å²) in [6.45, 7) is 2.01. The number of halogens is 3. The van der Waals surface area contributed by atoms with Crippen molar-refractivity contribution >= 4 is 23.4 Å². The second-order valence-electron chi connectivity index (χ2n) is 6.28. The molecule has 0 aliphatic carbocycles. The maximum absolute atomic E-state index is 14.1. The van der Waals surface area contributed by atoms with Gasteiger partial charge in [-0.25, -0.2) is 8.78 Å². The quantitative estimate of drug-likeness (QED) is 0.530. The Hall–Kier alpha value is -1.96. The molecule has 142 valence electrons. The van der Waals surface area contributed by atoms with Crippen molar-refractivity contribution in [2.75, 3.05) is 14.1 Å². The lowest BCUT2D eigenvalue weighted by atomic mass is 10.2. The average Bonchev–Trinajstić information content (AvgIpc) is 3.05. The van der Waals surface area contributed by atoms with Crippen LogP contribution in [0.25, 0.3) is 5.69 Å². The van der Waals surface area contributed by atoms with Crippen molar-refractivity contribution < 1.29 is 8.78 Å². The fourth-order valence-electron chi connectivity index (χ4n) is 2.52. The van der Waals surface area contributed by atoms with E-state index < -0.39 is 0 Å². The second-order valence-corrected chi connectivity index (χ2v) is 7.63. The molecule has 27 heavy (non-hydrogen) atoms. The van der Waals surface area contributed by atoms with Crippen LogP contribution < -0.4 is 0 Å². The first kappa shape index (κ1) is 19.8. The summed E-state index contributed by atoms with van der Waals surface area (Å²) in [4.78, 5) is 2.01. The zero-order valence-electron chi connectivity index (χ0n) is 15.2. The number of hydrogen-bond donors (Lipinski definition) is 0. The van der Waals surface area contributed by atoms with Gasteiger partial charge in [-0.05, 0) is 57.4 Å². The van der Waals surface area contributed by atoms with Gasteiger partial charge < -0.3 is 0 Å². The highest BCUT2D eigenvalue weighted by Crippen LogP contribution is 2.31. The molecule has 0 N–H and O–H groups in total. The highest BCUT2D eigenvalue weighted by Gasteiger charge is 2.21. The topological polar surface area (TPSA) is 34.0 Å². The second kappa shape index (κ2) is 8.37. The minimum absolute atomic E-state index is 0.0195. The lowest BCUT2D eigenvalue weighted by Gasteiger charge is -2.20. The van der Waals surface area contributed by atoms with E-state index >= 15 is 0 Å². The molecule has 0 saturated carbocycles. The van der Waals surface area contributed by atoms with E-state index in [2.05, 4.69) is 10.2 Å². The molecule has 0 spiro atoms. The largest absolute Gasteiger partial charge is 0.300 e. The molecular formula is C19H19ClF2N4S. The Bertz CT molecular complexity index is 908. The molecular weight excluding hydrogens is 390 g/mol. The Morgan fingerprint density at radius 2 is 1.81 bits per heavy atom. The van der Waals surface area contributed by atoms with E-state index in [0.29, 0.717) is 27.3 Å². The average molecular weight is 409 g/mol. The fourth-order valence-corrected chi connectivity index (χ4v) is 3.82. The van der Waals surface area contributed by atoms with Crippen LogP contribution in [-0.4, -0.2) is 33.8 Å². The zero-order chi connectivity index (χ0) is 19.6. The number of thioether (sulfide) groups is 1. The first-order valence-corrected chi connectivity index (χ1v) is 9.68. The molecule has 1 aromatic heterocycles. The van der Waals surface area contributed by atoms with Crippen LogP contribution in [0.15, 0.2) is 47.6 Å². The summed E-state index contributed by atoms with van der Waals surface area (Å²) >= 11 is 7.45. The van der Waals surface area contributed by atoms with Crippen LogP contribution in [0.1, 0.15) is 24.4 Å². The summed E-state index contributed by atoms with van der Waals surface area (Å²) in [5.41, 5.74) is 1.16. The van der Waals surface area contributed by atoms with Crippen molar-refractivity contribution in [2.45, 2.75) is 23.9 Å². The fraction of sp³-hybridized carbons (Fsp3) is 0.263. The van der Waals surface area contributed by atoms with Gasteiger partial charge in [0.05, 0.1) is 6.04 Å². The Labute approximate surface area is 166 Å². The van der Waals surface area contributed by atoms with Gasteiger partial charge in [-0.2, -0.15) is 0 Å². The van der Waals surface area contributed by atoms with Gasteiger partial charge in [0.1, 0.15) is 11.6 Å². The van der Waals surface area contributed by atoms with Crippen molar-refractivity contribution in [1.82, 2.24) is 19.7 Å². The zero-order valence-corrected chi connectivity index (χ0v) is 16.7. The van der Waals surface area contributed by atoms with E-state index in [1.807, 2.05) is 30.5 Å². The van der Waals surface area contributed by atoms with Crippen molar-refractivity contribution in [3.8, 4) is 5.69 Å². The predicted octanol–water partition coefficient (Wildman–Crippen LogP) is 5.11. The molecule has 0 aliphatic rings. The van der Waals surface area contributed by atoms with Crippen molar-refractivity contribution in [1.29, 1.82) is 0 Å². The van der Waals surface area contributed by atoms with Crippen molar-refractivity contribution in [3.63, 3.8) is 0 Å². The summed E-state index contributed by atoms with van der Waals surface area (Å²) in [6.07, 6.45) is 0. The van der Waals surface area contributed by atoms with Crippen LogP contribution >= 0.6 is 23.4 Å². The lowest BCUT2D eigenvalue weighted by molar-refractivity contribution is 0.305. The third-order valence-electron chi connectivity index (χ3n) is 4.30. The van der Waals surface area contributed by atoms with Crippen LogP contribution in [0.2, 0.25) is 5.02 Å². The number of hydrogen-bond acceptors (Lipinski definition) is 4. The van der Waals surface area contributed by atoms with Gasteiger partial charge in [0.25, 0.3) is 0 Å². The van der Waals surface area contributed by atoms with E-state index in [4.69, 9.17) is 11.6 Å². The molecule has 0 radical (unpaired) electrons. The molecule has 8 heteroatoms. The normalized spacial score (nSPS) is 12.6. The third kappa shape index (κ3) is 4.31. The molecule has 1 unspecified atom stereocenters. The Balaban J connectivity index is 1.99. The minimum Gasteiger partial charge on any atom is -0.300 e. The number of benzene rings is 2. The van der Waals surface area contributed by atoms with Crippen molar-refractivity contribution in [3.05, 3.63) is 70.5 Å². The molecule has 0 amide bonds. The smallest absolute Gasteiger partial charge is 0.196 e. The number of nitrogens with zero attached hydrogens (tertiary/aromatic N) is 4. The first-order chi connectivity index (χ1) is 12.9. The molecule has 0 saturated heterocycles. The molecule has 3 rings (SSSR count). The van der Waals surface area contributed by atoms with Gasteiger partial charge in [0, 0.05) is 22.0 Å². The molecule has 0 fully saturated rings. The summed E-state index contributed by atoms with van der Waals surface area (Å²) in [6, 6.07) is 10.7. The minimum atomic E-state index is -0.357. The Kier molecular flexibility index (Phi) is 6.14. The SMILES string of the molecule is CC(c1nnc(SCc2c(F)cccc2Cl)n1-c1ccc(F)cc1)N(C)C. The van der Waals surface area contributed by atoms with E-state index in [-0.39, 0.29) is 17.7 Å². The van der Waals surface area contributed by atoms with Gasteiger partial charge in [0.2, 0.25) is 0 Å². The van der Waals surface area contributed by atoms with Gasteiger partial charge >= 0.3 is 0 Å². The summed E-state index contributed by atoms with van der Waals surface area (Å²) in [7, 11) is 3.89. The van der Waals surface area contributed by atoms with Crippen LogP contribution in [0.4, 0.5) is 8.78 Å². The van der Waals surface area contributed by atoms with E-state index in [1.54, 1.807) is 24.3 Å². The number of aromatic nitrogens is 3. The standard InChI is InChI=1S/C19H19ClF2N4S/c1-12(25(2)3)18-23-24-19(26(18)14-9-7-13(21)8-10-14)27-11-15-16(20)5-4-6-17(15)22/h4-10,12H,11H2,1-3H3. The molecule has 1 heterocycles.